The Balaban J connectivity index is 3.44. The number of hydrogen-bond donors (Lipinski definition) is 0. The zero-order valence-corrected chi connectivity index (χ0v) is 11.0. The van der Waals surface area contributed by atoms with Gasteiger partial charge in [-0.25, -0.2) is 0 Å². The molecule has 0 aliphatic rings. The number of carbonyl (C=O) groups is 1. The Hall–Kier alpha value is -1.31. The Morgan fingerprint density at radius 2 is 1.81 bits per heavy atom. The van der Waals surface area contributed by atoms with Gasteiger partial charge in [0.05, 0.1) is 7.11 Å². The summed E-state index contributed by atoms with van der Waals surface area (Å²) < 4.78 is 5.37. The van der Waals surface area contributed by atoms with E-state index in [1.54, 1.807) is 14.0 Å². The van der Waals surface area contributed by atoms with E-state index in [0.29, 0.717) is 0 Å². The van der Waals surface area contributed by atoms with Crippen LogP contribution in [0.5, 0.6) is 5.75 Å². The number of ether oxygens (including phenoxy) is 1. The van der Waals surface area contributed by atoms with Crippen molar-refractivity contribution in [2.24, 2.45) is 0 Å². The summed E-state index contributed by atoms with van der Waals surface area (Å²) in [6, 6.07) is 3.90. The van der Waals surface area contributed by atoms with E-state index in [1.807, 2.05) is 13.0 Å². The molecule has 0 atom stereocenters. The summed E-state index contributed by atoms with van der Waals surface area (Å²) in [7, 11) is 1.64. The van der Waals surface area contributed by atoms with Gasteiger partial charge < -0.3 is 4.74 Å². The zero-order valence-electron chi connectivity index (χ0n) is 11.0. The highest BCUT2D eigenvalue weighted by atomic mass is 16.5. The molecule has 1 rings (SSSR count). The van der Waals surface area contributed by atoms with Crippen LogP contribution < -0.4 is 4.74 Å². The van der Waals surface area contributed by atoms with Crippen LogP contribution in [0.2, 0.25) is 0 Å². The Morgan fingerprint density at radius 3 is 2.19 bits per heavy atom. The summed E-state index contributed by atoms with van der Waals surface area (Å²) in [5.74, 6) is 0.875. The molecule has 0 N–H and O–H groups in total. The van der Waals surface area contributed by atoms with Crippen molar-refractivity contribution in [2.75, 3.05) is 7.11 Å². The average Bonchev–Trinajstić information content (AvgIpc) is 2.15. The van der Waals surface area contributed by atoms with Crippen molar-refractivity contribution in [3.63, 3.8) is 0 Å². The molecule has 0 amide bonds. The van der Waals surface area contributed by atoms with E-state index in [2.05, 4.69) is 26.8 Å². The predicted octanol–water partition coefficient (Wildman–Crippen LogP) is 3.50. The molecule has 16 heavy (non-hydrogen) atoms. The minimum absolute atomic E-state index is 0.0193. The van der Waals surface area contributed by atoms with Gasteiger partial charge in [-0.05, 0) is 36.5 Å². The third-order valence-corrected chi connectivity index (χ3v) is 2.73. The quantitative estimate of drug-likeness (QED) is 0.713. The molecule has 0 fully saturated rings. The Bertz CT molecular complexity index is 411. The van der Waals surface area contributed by atoms with Crippen molar-refractivity contribution >= 4 is 5.78 Å². The van der Waals surface area contributed by atoms with Gasteiger partial charge in [-0.2, -0.15) is 0 Å². The molecule has 0 aliphatic heterocycles. The third-order valence-electron chi connectivity index (χ3n) is 2.73. The fraction of sp³-hybridized carbons (Fsp3) is 0.500. The van der Waals surface area contributed by atoms with E-state index in [0.717, 1.165) is 22.4 Å². The molecule has 1 aromatic rings. The SMILES string of the molecule is COc1cc(C(C)=O)c(C)cc1C(C)(C)C. The number of carbonyl (C=O) groups excluding carboxylic acids is 1. The van der Waals surface area contributed by atoms with E-state index in [9.17, 15) is 4.79 Å². The number of hydrogen-bond acceptors (Lipinski definition) is 2. The number of ketones is 1. The van der Waals surface area contributed by atoms with E-state index in [1.165, 1.54) is 0 Å². The van der Waals surface area contributed by atoms with E-state index < -0.39 is 0 Å². The Morgan fingerprint density at radius 1 is 1.25 bits per heavy atom. The first-order valence-electron chi connectivity index (χ1n) is 5.47. The van der Waals surface area contributed by atoms with Gasteiger partial charge in [-0.1, -0.05) is 26.8 Å². The van der Waals surface area contributed by atoms with Crippen LogP contribution in [0.4, 0.5) is 0 Å². The van der Waals surface area contributed by atoms with Crippen LogP contribution >= 0.6 is 0 Å². The van der Waals surface area contributed by atoms with E-state index in [4.69, 9.17) is 4.74 Å². The van der Waals surface area contributed by atoms with Crippen molar-refractivity contribution < 1.29 is 9.53 Å². The second-order valence-corrected chi connectivity index (χ2v) is 5.17. The first-order valence-corrected chi connectivity index (χ1v) is 5.47. The average molecular weight is 220 g/mol. The molecule has 0 bridgehead atoms. The molecule has 0 saturated carbocycles. The lowest BCUT2D eigenvalue weighted by Gasteiger charge is -2.23. The minimum Gasteiger partial charge on any atom is -0.496 e. The fourth-order valence-electron chi connectivity index (χ4n) is 1.82. The van der Waals surface area contributed by atoms with Gasteiger partial charge in [0.25, 0.3) is 0 Å². The maximum Gasteiger partial charge on any atom is 0.160 e. The van der Waals surface area contributed by atoms with Gasteiger partial charge >= 0.3 is 0 Å². The summed E-state index contributed by atoms with van der Waals surface area (Å²) in [4.78, 5) is 11.4. The van der Waals surface area contributed by atoms with Crippen molar-refractivity contribution in [2.45, 2.75) is 40.0 Å². The number of aryl methyl sites for hydroxylation is 1. The molecular formula is C14H20O2. The summed E-state index contributed by atoms with van der Waals surface area (Å²) in [5.41, 5.74) is 2.91. The molecule has 0 heterocycles. The van der Waals surface area contributed by atoms with Gasteiger partial charge in [-0.3, -0.25) is 4.79 Å². The zero-order chi connectivity index (χ0) is 12.5. The first kappa shape index (κ1) is 12.8. The number of benzene rings is 1. The highest BCUT2D eigenvalue weighted by Gasteiger charge is 2.21. The van der Waals surface area contributed by atoms with Crippen LogP contribution in [0.25, 0.3) is 0 Å². The maximum atomic E-state index is 11.4. The van der Waals surface area contributed by atoms with E-state index in [-0.39, 0.29) is 11.2 Å². The number of rotatable bonds is 2. The third kappa shape index (κ3) is 2.43. The summed E-state index contributed by atoms with van der Waals surface area (Å²) in [6.07, 6.45) is 0. The molecule has 88 valence electrons. The van der Waals surface area contributed by atoms with Crippen LogP contribution in [-0.2, 0) is 5.41 Å². The second-order valence-electron chi connectivity index (χ2n) is 5.17. The lowest BCUT2D eigenvalue weighted by atomic mass is 9.84. The molecular weight excluding hydrogens is 200 g/mol. The maximum absolute atomic E-state index is 11.4. The molecule has 0 saturated heterocycles. The Labute approximate surface area is 97.6 Å². The smallest absolute Gasteiger partial charge is 0.160 e. The second kappa shape index (κ2) is 4.28. The monoisotopic (exact) mass is 220 g/mol. The summed E-state index contributed by atoms with van der Waals surface area (Å²) in [5, 5.41) is 0. The van der Waals surface area contributed by atoms with Crippen molar-refractivity contribution in [3.8, 4) is 5.75 Å². The standard InChI is InChI=1S/C14H20O2/c1-9-7-12(14(3,4)5)13(16-6)8-11(9)10(2)15/h7-8H,1-6H3. The molecule has 0 spiro atoms. The molecule has 2 nitrogen and oxygen atoms in total. The van der Waals surface area contributed by atoms with E-state index >= 15 is 0 Å². The largest absolute Gasteiger partial charge is 0.496 e. The predicted molar refractivity (Wildman–Crippen MR) is 66.4 cm³/mol. The van der Waals surface area contributed by atoms with Crippen molar-refractivity contribution in [3.05, 3.63) is 28.8 Å². The molecule has 0 aromatic heterocycles. The first-order chi connectivity index (χ1) is 7.27. The fourth-order valence-corrected chi connectivity index (χ4v) is 1.82. The van der Waals surface area contributed by atoms with Gasteiger partial charge in [0.2, 0.25) is 0 Å². The van der Waals surface area contributed by atoms with Crippen LogP contribution in [0, 0.1) is 6.92 Å². The molecule has 0 unspecified atom stereocenters. The van der Waals surface area contributed by atoms with Crippen LogP contribution in [0.3, 0.4) is 0 Å². The normalized spacial score (nSPS) is 11.4. The van der Waals surface area contributed by atoms with Gasteiger partial charge in [0.1, 0.15) is 5.75 Å². The molecule has 1 aromatic carbocycles. The van der Waals surface area contributed by atoms with Crippen molar-refractivity contribution in [1.82, 2.24) is 0 Å². The minimum atomic E-state index is 0.0193. The number of methoxy groups -OCH3 is 1. The lowest BCUT2D eigenvalue weighted by molar-refractivity contribution is 0.101. The lowest BCUT2D eigenvalue weighted by Crippen LogP contribution is -2.14. The molecule has 0 aliphatic carbocycles. The van der Waals surface area contributed by atoms with Gasteiger partial charge in [0.15, 0.2) is 5.78 Å². The summed E-state index contributed by atoms with van der Waals surface area (Å²) >= 11 is 0. The Kier molecular flexibility index (Phi) is 3.41. The van der Waals surface area contributed by atoms with Crippen LogP contribution in [0.1, 0.15) is 49.2 Å². The topological polar surface area (TPSA) is 26.3 Å². The van der Waals surface area contributed by atoms with Gasteiger partial charge in [0, 0.05) is 5.56 Å². The number of Topliss-reactive ketones (excluding diaryl/α,β-unsaturated/α-hetero) is 1. The van der Waals surface area contributed by atoms with Crippen LogP contribution in [-0.4, -0.2) is 12.9 Å². The summed E-state index contributed by atoms with van der Waals surface area (Å²) in [6.45, 7) is 9.96. The highest BCUT2D eigenvalue weighted by molar-refractivity contribution is 5.96. The van der Waals surface area contributed by atoms with Crippen molar-refractivity contribution in [1.29, 1.82) is 0 Å². The molecule has 2 heteroatoms. The van der Waals surface area contributed by atoms with Crippen LogP contribution in [0.15, 0.2) is 12.1 Å². The van der Waals surface area contributed by atoms with Gasteiger partial charge in [-0.15, -0.1) is 0 Å². The highest BCUT2D eigenvalue weighted by Crippen LogP contribution is 2.33. The molecule has 0 radical (unpaired) electrons.